The smallest absolute Gasteiger partial charge is 0.308 e. The minimum atomic E-state index is -0.728. The van der Waals surface area contributed by atoms with Gasteiger partial charge in [-0.25, -0.2) is 0 Å². The molecule has 2 unspecified atom stereocenters. The van der Waals surface area contributed by atoms with Gasteiger partial charge in [0, 0.05) is 12.6 Å². The highest BCUT2D eigenvalue weighted by atomic mass is 35.5. The first-order valence-electron chi connectivity index (χ1n) is 5.93. The summed E-state index contributed by atoms with van der Waals surface area (Å²) in [6.45, 7) is 3.37. The van der Waals surface area contributed by atoms with E-state index in [1.807, 2.05) is 13.0 Å². The number of benzene rings is 1. The second-order valence-electron chi connectivity index (χ2n) is 4.73. The molecule has 1 fully saturated rings. The molecule has 18 heavy (non-hydrogen) atoms. The van der Waals surface area contributed by atoms with Crippen molar-refractivity contribution in [2.45, 2.75) is 25.9 Å². The molecule has 0 radical (unpaired) electrons. The van der Waals surface area contributed by atoms with Gasteiger partial charge in [-0.1, -0.05) is 17.7 Å². The zero-order valence-corrected chi connectivity index (χ0v) is 10.9. The first-order valence-corrected chi connectivity index (χ1v) is 6.31. The van der Waals surface area contributed by atoms with Crippen LogP contribution >= 0.6 is 11.6 Å². The zero-order valence-electron chi connectivity index (χ0n) is 10.1. The highest BCUT2D eigenvalue weighted by Gasteiger charge is 2.35. The van der Waals surface area contributed by atoms with Gasteiger partial charge in [-0.3, -0.25) is 9.69 Å². The van der Waals surface area contributed by atoms with Crippen LogP contribution < -0.4 is 0 Å². The molecule has 4 nitrogen and oxygen atoms in total. The van der Waals surface area contributed by atoms with Gasteiger partial charge in [0.25, 0.3) is 0 Å². The van der Waals surface area contributed by atoms with Gasteiger partial charge in [-0.2, -0.15) is 0 Å². The maximum Gasteiger partial charge on any atom is 0.308 e. The first-order chi connectivity index (χ1) is 8.49. The van der Waals surface area contributed by atoms with Crippen LogP contribution in [-0.2, 0) is 11.3 Å². The van der Waals surface area contributed by atoms with Crippen LogP contribution in [0.25, 0.3) is 0 Å². The number of hydrogen-bond acceptors (Lipinski definition) is 3. The Bertz CT molecular complexity index is 464. The number of carboxylic acids is 1. The Balaban J connectivity index is 2.06. The van der Waals surface area contributed by atoms with E-state index in [0.717, 1.165) is 12.1 Å². The van der Waals surface area contributed by atoms with Crippen LogP contribution in [0.4, 0.5) is 0 Å². The predicted octanol–water partition coefficient (Wildman–Crippen LogP) is 2.34. The second-order valence-corrected chi connectivity index (χ2v) is 5.14. The number of aromatic hydroxyl groups is 1. The molecule has 1 aliphatic heterocycles. The number of aliphatic carboxylic acids is 1. The summed E-state index contributed by atoms with van der Waals surface area (Å²) in [5, 5.41) is 18.7. The Hall–Kier alpha value is -1.26. The van der Waals surface area contributed by atoms with Crippen LogP contribution in [0.15, 0.2) is 18.2 Å². The van der Waals surface area contributed by atoms with E-state index >= 15 is 0 Å². The zero-order chi connectivity index (χ0) is 13.3. The van der Waals surface area contributed by atoms with Crippen LogP contribution in [0.5, 0.6) is 5.75 Å². The van der Waals surface area contributed by atoms with Gasteiger partial charge >= 0.3 is 5.97 Å². The minimum Gasteiger partial charge on any atom is -0.506 e. The highest BCUT2D eigenvalue weighted by Crippen LogP contribution is 2.28. The summed E-state index contributed by atoms with van der Waals surface area (Å²) in [6.07, 6.45) is 0.683. The SMILES string of the molecule is CC1C(C(=O)O)CCN1Cc1ccc(O)c(Cl)c1. The average molecular weight is 270 g/mol. The van der Waals surface area contributed by atoms with Gasteiger partial charge < -0.3 is 10.2 Å². The molecule has 0 amide bonds. The van der Waals surface area contributed by atoms with Gasteiger partial charge in [0.15, 0.2) is 0 Å². The lowest BCUT2D eigenvalue weighted by molar-refractivity contribution is -0.142. The van der Waals surface area contributed by atoms with E-state index in [-0.39, 0.29) is 17.7 Å². The molecular weight excluding hydrogens is 254 g/mol. The van der Waals surface area contributed by atoms with Gasteiger partial charge in [0.1, 0.15) is 5.75 Å². The van der Waals surface area contributed by atoms with Crippen molar-refractivity contribution in [2.24, 2.45) is 5.92 Å². The third-order valence-corrected chi connectivity index (χ3v) is 3.90. The standard InChI is InChI=1S/C13H16ClNO3/c1-8-10(13(17)18)4-5-15(8)7-9-2-3-12(16)11(14)6-9/h2-3,6,8,10,16H,4-5,7H2,1H3,(H,17,18). The Labute approximate surface area is 111 Å². The van der Waals surface area contributed by atoms with E-state index in [9.17, 15) is 9.90 Å². The molecule has 98 valence electrons. The molecule has 0 aliphatic carbocycles. The highest BCUT2D eigenvalue weighted by molar-refractivity contribution is 6.32. The number of nitrogens with zero attached hydrogens (tertiary/aromatic N) is 1. The van der Waals surface area contributed by atoms with E-state index in [1.54, 1.807) is 12.1 Å². The summed E-state index contributed by atoms with van der Waals surface area (Å²) in [7, 11) is 0. The summed E-state index contributed by atoms with van der Waals surface area (Å²) in [5.41, 5.74) is 0.982. The normalized spacial score (nSPS) is 24.3. The molecule has 5 heteroatoms. The van der Waals surface area contributed by atoms with Gasteiger partial charge in [0.05, 0.1) is 10.9 Å². The van der Waals surface area contributed by atoms with Crippen molar-refractivity contribution >= 4 is 17.6 Å². The summed E-state index contributed by atoms with van der Waals surface area (Å²) in [6, 6.07) is 5.11. The number of carboxylic acid groups (broad SMARTS) is 1. The summed E-state index contributed by atoms with van der Waals surface area (Å²) in [4.78, 5) is 13.2. The van der Waals surface area contributed by atoms with Gasteiger partial charge in [0.2, 0.25) is 0 Å². The molecule has 0 bridgehead atoms. The molecule has 1 aromatic carbocycles. The fraction of sp³-hybridized carbons (Fsp3) is 0.462. The summed E-state index contributed by atoms with van der Waals surface area (Å²) < 4.78 is 0. The van der Waals surface area contributed by atoms with Crippen molar-refractivity contribution < 1.29 is 15.0 Å². The topological polar surface area (TPSA) is 60.8 Å². The van der Waals surface area contributed by atoms with Crippen molar-refractivity contribution in [2.75, 3.05) is 6.54 Å². The third kappa shape index (κ3) is 2.60. The average Bonchev–Trinajstić information content (AvgIpc) is 2.66. The van der Waals surface area contributed by atoms with Crippen LogP contribution in [0.3, 0.4) is 0 Å². The maximum absolute atomic E-state index is 11.0. The molecule has 2 atom stereocenters. The number of rotatable bonds is 3. The van der Waals surface area contributed by atoms with Crippen molar-refractivity contribution in [1.29, 1.82) is 0 Å². The largest absolute Gasteiger partial charge is 0.506 e. The van der Waals surface area contributed by atoms with E-state index in [4.69, 9.17) is 16.7 Å². The molecule has 1 aliphatic rings. The van der Waals surface area contributed by atoms with Crippen LogP contribution in [-0.4, -0.2) is 33.7 Å². The molecule has 1 heterocycles. The van der Waals surface area contributed by atoms with Crippen molar-refractivity contribution in [1.82, 2.24) is 4.90 Å². The first kappa shape index (κ1) is 13.2. The Morgan fingerprint density at radius 1 is 1.56 bits per heavy atom. The number of halogens is 1. The number of phenolic OH excluding ortho intramolecular Hbond substituents is 1. The Morgan fingerprint density at radius 3 is 2.83 bits per heavy atom. The number of carbonyl (C=O) groups is 1. The molecule has 2 rings (SSSR count). The molecule has 0 aromatic heterocycles. The quantitative estimate of drug-likeness (QED) is 0.884. The van der Waals surface area contributed by atoms with E-state index in [1.165, 1.54) is 0 Å². The molecule has 0 spiro atoms. The van der Waals surface area contributed by atoms with E-state index < -0.39 is 5.97 Å². The van der Waals surface area contributed by atoms with Crippen molar-refractivity contribution in [3.05, 3.63) is 28.8 Å². The van der Waals surface area contributed by atoms with Crippen LogP contribution in [0.1, 0.15) is 18.9 Å². The second kappa shape index (κ2) is 5.16. The Kier molecular flexibility index (Phi) is 3.78. The molecule has 2 N–H and O–H groups in total. The predicted molar refractivity (Wildman–Crippen MR) is 68.7 cm³/mol. The maximum atomic E-state index is 11.0. The molecular formula is C13H16ClNO3. The fourth-order valence-corrected chi connectivity index (χ4v) is 2.64. The van der Waals surface area contributed by atoms with Crippen LogP contribution in [0, 0.1) is 5.92 Å². The summed E-state index contributed by atoms with van der Waals surface area (Å²) >= 11 is 5.85. The number of phenols is 1. The molecule has 1 aromatic rings. The monoisotopic (exact) mass is 269 g/mol. The molecule has 0 saturated carbocycles. The lowest BCUT2D eigenvalue weighted by Crippen LogP contribution is -2.32. The lowest BCUT2D eigenvalue weighted by atomic mass is 10.0. The third-order valence-electron chi connectivity index (χ3n) is 3.60. The van der Waals surface area contributed by atoms with E-state index in [2.05, 4.69) is 4.90 Å². The van der Waals surface area contributed by atoms with Crippen LogP contribution in [0.2, 0.25) is 5.02 Å². The number of likely N-dealkylation sites (tertiary alicyclic amines) is 1. The van der Waals surface area contributed by atoms with Gasteiger partial charge in [-0.15, -0.1) is 0 Å². The van der Waals surface area contributed by atoms with Gasteiger partial charge in [-0.05, 0) is 37.6 Å². The fourth-order valence-electron chi connectivity index (χ4n) is 2.44. The van der Waals surface area contributed by atoms with Crippen molar-refractivity contribution in [3.8, 4) is 5.75 Å². The van der Waals surface area contributed by atoms with E-state index in [0.29, 0.717) is 18.0 Å². The Morgan fingerprint density at radius 2 is 2.28 bits per heavy atom. The van der Waals surface area contributed by atoms with Crippen molar-refractivity contribution in [3.63, 3.8) is 0 Å². The molecule has 1 saturated heterocycles. The lowest BCUT2D eigenvalue weighted by Gasteiger charge is -2.23. The number of hydrogen-bond donors (Lipinski definition) is 2. The summed E-state index contributed by atoms with van der Waals surface area (Å²) in [5.74, 6) is -0.954. The minimum absolute atomic E-state index is 0.0232.